The number of fused-ring (bicyclic) bond motifs is 3. The van der Waals surface area contributed by atoms with Crippen LogP contribution in [0.3, 0.4) is 0 Å². The number of hydrogen-bond donors (Lipinski definition) is 1. The minimum Gasteiger partial charge on any atom is -0.391 e. The van der Waals surface area contributed by atoms with Crippen LogP contribution in [-0.2, 0) is 0 Å². The Bertz CT molecular complexity index is 563. The monoisotopic (exact) mass is 219 g/mol. The molecule has 2 aromatic heterocycles. The molecule has 3 rings (SSSR count). The summed E-state index contributed by atoms with van der Waals surface area (Å²) in [7, 11) is 0. The molecule has 2 heterocycles. The lowest BCUT2D eigenvalue weighted by atomic mass is 10.2. The fourth-order valence-corrected chi connectivity index (χ4v) is 3.83. The quantitative estimate of drug-likeness (QED) is 0.607. The van der Waals surface area contributed by atoms with Gasteiger partial charge in [-0.3, -0.25) is 0 Å². The van der Waals surface area contributed by atoms with Crippen molar-refractivity contribution in [1.82, 2.24) is 0 Å². The number of benzene rings is 1. The van der Waals surface area contributed by atoms with E-state index in [2.05, 4.69) is 31.2 Å². The molecule has 0 aliphatic rings. The van der Waals surface area contributed by atoms with Crippen molar-refractivity contribution in [2.45, 2.75) is 6.92 Å². The highest BCUT2D eigenvalue weighted by atomic mass is 32.1. The van der Waals surface area contributed by atoms with Crippen LogP contribution in [0.15, 0.2) is 24.3 Å². The minimum absolute atomic E-state index is 0.901. The molecule has 0 amide bonds. The van der Waals surface area contributed by atoms with Gasteiger partial charge < -0.3 is 5.73 Å². The van der Waals surface area contributed by atoms with Crippen molar-refractivity contribution in [3.8, 4) is 0 Å². The lowest BCUT2D eigenvalue weighted by Crippen LogP contribution is -1.72. The summed E-state index contributed by atoms with van der Waals surface area (Å²) >= 11 is 3.53. The maximum absolute atomic E-state index is 5.81. The molecule has 0 saturated carbocycles. The van der Waals surface area contributed by atoms with Gasteiger partial charge in [-0.2, -0.15) is 0 Å². The zero-order valence-electron chi connectivity index (χ0n) is 7.70. The number of aryl methyl sites for hydroxylation is 1. The van der Waals surface area contributed by atoms with Gasteiger partial charge in [0.25, 0.3) is 0 Å². The van der Waals surface area contributed by atoms with Crippen molar-refractivity contribution in [3.05, 3.63) is 29.1 Å². The Kier molecular flexibility index (Phi) is 1.60. The molecule has 3 heteroatoms. The van der Waals surface area contributed by atoms with E-state index in [0.29, 0.717) is 0 Å². The molecular weight excluding hydrogens is 210 g/mol. The second-order valence-corrected chi connectivity index (χ2v) is 5.75. The molecule has 0 aliphatic heterocycles. The second kappa shape index (κ2) is 2.72. The van der Waals surface area contributed by atoms with Crippen LogP contribution in [0.2, 0.25) is 0 Å². The van der Waals surface area contributed by atoms with Gasteiger partial charge in [-0.1, -0.05) is 12.1 Å². The first-order valence-electron chi connectivity index (χ1n) is 4.42. The summed E-state index contributed by atoms with van der Waals surface area (Å²) < 4.78 is 2.71. The van der Waals surface area contributed by atoms with Crippen LogP contribution in [0.25, 0.3) is 20.2 Å². The zero-order valence-corrected chi connectivity index (χ0v) is 9.34. The number of thiophene rings is 2. The summed E-state index contributed by atoms with van der Waals surface area (Å²) in [6.45, 7) is 2.15. The summed E-state index contributed by atoms with van der Waals surface area (Å²) in [5.41, 5.74) is 5.81. The molecule has 2 N–H and O–H groups in total. The van der Waals surface area contributed by atoms with Gasteiger partial charge in [-0.05, 0) is 29.8 Å². The van der Waals surface area contributed by atoms with Gasteiger partial charge in [0.2, 0.25) is 0 Å². The van der Waals surface area contributed by atoms with Crippen LogP contribution in [0.1, 0.15) is 4.88 Å². The zero-order chi connectivity index (χ0) is 9.71. The van der Waals surface area contributed by atoms with Gasteiger partial charge in [0.05, 0.1) is 14.4 Å². The van der Waals surface area contributed by atoms with Crippen molar-refractivity contribution < 1.29 is 0 Å². The molecule has 0 bridgehead atoms. The molecule has 0 saturated heterocycles. The lowest BCUT2D eigenvalue weighted by Gasteiger charge is -1.90. The Morgan fingerprint density at radius 3 is 2.43 bits per heavy atom. The molecule has 70 valence electrons. The summed E-state index contributed by atoms with van der Waals surface area (Å²) in [6, 6.07) is 8.61. The van der Waals surface area contributed by atoms with Gasteiger partial charge in [-0.15, -0.1) is 22.7 Å². The largest absolute Gasteiger partial charge is 0.391 e. The average Bonchev–Trinajstić information content (AvgIpc) is 2.65. The fourth-order valence-electron chi connectivity index (χ4n) is 1.74. The molecular formula is C11H9NS2. The number of anilines is 1. The average molecular weight is 219 g/mol. The predicted octanol–water partition coefficient (Wildman–Crippen LogP) is 4.01. The van der Waals surface area contributed by atoms with Crippen molar-refractivity contribution in [2.75, 3.05) is 5.73 Å². The van der Waals surface area contributed by atoms with E-state index in [1.807, 2.05) is 11.3 Å². The molecule has 0 unspecified atom stereocenters. The molecule has 0 fully saturated rings. The van der Waals surface area contributed by atoms with E-state index in [-0.39, 0.29) is 0 Å². The third-order valence-electron chi connectivity index (χ3n) is 2.31. The Hall–Kier alpha value is -1.06. The Balaban J connectivity index is 2.58. The third kappa shape index (κ3) is 1.06. The topological polar surface area (TPSA) is 26.0 Å². The van der Waals surface area contributed by atoms with Crippen LogP contribution < -0.4 is 5.73 Å². The maximum Gasteiger partial charge on any atom is 0.0869 e. The molecule has 14 heavy (non-hydrogen) atoms. The van der Waals surface area contributed by atoms with Crippen molar-refractivity contribution in [2.24, 2.45) is 0 Å². The van der Waals surface area contributed by atoms with Crippen LogP contribution in [0.5, 0.6) is 0 Å². The van der Waals surface area contributed by atoms with Gasteiger partial charge in [0, 0.05) is 4.88 Å². The number of rotatable bonds is 0. The van der Waals surface area contributed by atoms with Gasteiger partial charge in [0.15, 0.2) is 0 Å². The maximum atomic E-state index is 5.81. The van der Waals surface area contributed by atoms with E-state index < -0.39 is 0 Å². The highest BCUT2D eigenvalue weighted by molar-refractivity contribution is 7.29. The minimum atomic E-state index is 0.901. The molecule has 0 aliphatic carbocycles. The van der Waals surface area contributed by atoms with E-state index in [9.17, 15) is 0 Å². The molecule has 0 atom stereocenters. The Morgan fingerprint density at radius 1 is 1.00 bits per heavy atom. The first-order valence-corrected chi connectivity index (χ1v) is 6.05. The summed E-state index contributed by atoms with van der Waals surface area (Å²) in [5.74, 6) is 0. The normalized spacial score (nSPS) is 11.5. The summed E-state index contributed by atoms with van der Waals surface area (Å²) in [5, 5.41) is 3.50. The van der Waals surface area contributed by atoms with E-state index in [1.165, 1.54) is 25.0 Å². The van der Waals surface area contributed by atoms with Crippen LogP contribution in [-0.4, -0.2) is 0 Å². The Morgan fingerprint density at radius 2 is 1.64 bits per heavy atom. The fraction of sp³-hybridized carbons (Fsp3) is 0.0909. The first kappa shape index (κ1) is 8.26. The number of nitrogen functional groups attached to an aromatic ring is 1. The van der Waals surface area contributed by atoms with Crippen molar-refractivity contribution >= 4 is 47.8 Å². The Labute approximate surface area is 89.8 Å². The molecule has 1 aromatic carbocycles. The van der Waals surface area contributed by atoms with E-state index >= 15 is 0 Å². The van der Waals surface area contributed by atoms with Crippen LogP contribution in [0.4, 0.5) is 5.00 Å². The standard InChI is InChI=1S/C11H9NS2/c1-6-4-7-2-3-8-5-9(12)14-11(8)10(7)13-6/h2-5H,12H2,1H3. The summed E-state index contributed by atoms with van der Waals surface area (Å²) in [6.07, 6.45) is 0. The predicted molar refractivity (Wildman–Crippen MR) is 66.4 cm³/mol. The molecule has 0 radical (unpaired) electrons. The van der Waals surface area contributed by atoms with E-state index in [0.717, 1.165) is 5.00 Å². The number of hydrogen-bond acceptors (Lipinski definition) is 3. The van der Waals surface area contributed by atoms with E-state index in [4.69, 9.17) is 5.73 Å². The summed E-state index contributed by atoms with van der Waals surface area (Å²) in [4.78, 5) is 1.36. The van der Waals surface area contributed by atoms with Gasteiger partial charge in [0.1, 0.15) is 0 Å². The highest BCUT2D eigenvalue weighted by Gasteiger charge is 2.06. The van der Waals surface area contributed by atoms with Crippen LogP contribution in [0, 0.1) is 6.92 Å². The van der Waals surface area contributed by atoms with E-state index in [1.54, 1.807) is 11.3 Å². The SMILES string of the molecule is Cc1cc2ccc3cc(N)sc3c2s1. The van der Waals surface area contributed by atoms with Crippen LogP contribution >= 0.6 is 22.7 Å². The van der Waals surface area contributed by atoms with Gasteiger partial charge in [-0.25, -0.2) is 0 Å². The van der Waals surface area contributed by atoms with Crippen molar-refractivity contribution in [1.29, 1.82) is 0 Å². The molecule has 1 nitrogen and oxygen atoms in total. The third-order valence-corrected chi connectivity index (χ3v) is 4.52. The van der Waals surface area contributed by atoms with Crippen molar-refractivity contribution in [3.63, 3.8) is 0 Å². The first-order chi connectivity index (χ1) is 6.74. The second-order valence-electron chi connectivity index (χ2n) is 3.41. The van der Waals surface area contributed by atoms with Gasteiger partial charge >= 0.3 is 0 Å². The lowest BCUT2D eigenvalue weighted by molar-refractivity contribution is 1.66. The smallest absolute Gasteiger partial charge is 0.0869 e. The highest BCUT2D eigenvalue weighted by Crippen LogP contribution is 2.37. The molecule has 3 aromatic rings. The number of nitrogens with two attached hydrogens (primary N) is 1. The molecule has 0 spiro atoms.